The van der Waals surface area contributed by atoms with Gasteiger partial charge in [-0.3, -0.25) is 4.79 Å². The van der Waals surface area contributed by atoms with Crippen molar-refractivity contribution >= 4 is 17.7 Å². The molecule has 0 N–H and O–H groups in total. The molecule has 126 valence electrons. The molecule has 2 rings (SSSR count). The smallest absolute Gasteiger partial charge is 0.385 e. The molecule has 0 saturated carbocycles. The predicted octanol–water partition coefficient (Wildman–Crippen LogP) is 2.45. The summed E-state index contributed by atoms with van der Waals surface area (Å²) in [6.45, 7) is 0.739. The number of esters is 2. The standard InChI is InChI=1S/C20H16O5/c1-15(21)20(23)24-14-8-13-18(22)25-19(16-9-4-2-5-10-16)17-11-6-3-7-12-17/h2-7,9-12,19H,14H2,1H3. The van der Waals surface area contributed by atoms with Crippen LogP contribution in [-0.4, -0.2) is 24.3 Å². The third-order valence-corrected chi connectivity index (χ3v) is 3.18. The van der Waals surface area contributed by atoms with Gasteiger partial charge in [-0.2, -0.15) is 0 Å². The van der Waals surface area contributed by atoms with Gasteiger partial charge < -0.3 is 9.47 Å². The number of ether oxygens (including phenoxy) is 2. The van der Waals surface area contributed by atoms with Gasteiger partial charge in [-0.15, -0.1) is 0 Å². The lowest BCUT2D eigenvalue weighted by Crippen LogP contribution is -2.14. The molecular formula is C20H16O5. The van der Waals surface area contributed by atoms with Crippen molar-refractivity contribution in [3.63, 3.8) is 0 Å². The number of benzene rings is 2. The van der Waals surface area contributed by atoms with Gasteiger partial charge in [0.05, 0.1) is 0 Å². The Kier molecular flexibility index (Phi) is 6.49. The fraction of sp³-hybridized carbons (Fsp3) is 0.150. The summed E-state index contributed by atoms with van der Waals surface area (Å²) in [5.74, 6) is 2.14. The summed E-state index contributed by atoms with van der Waals surface area (Å²) in [4.78, 5) is 33.7. The first-order valence-electron chi connectivity index (χ1n) is 7.55. The van der Waals surface area contributed by atoms with Crippen molar-refractivity contribution in [3.05, 3.63) is 71.8 Å². The molecule has 0 unspecified atom stereocenters. The fourth-order valence-electron chi connectivity index (χ4n) is 2.03. The molecule has 0 aliphatic heterocycles. The molecule has 0 heterocycles. The molecule has 0 amide bonds. The van der Waals surface area contributed by atoms with Crippen LogP contribution in [0.15, 0.2) is 60.7 Å². The summed E-state index contributed by atoms with van der Waals surface area (Å²) in [5, 5.41) is 0. The molecule has 0 bridgehead atoms. The summed E-state index contributed by atoms with van der Waals surface area (Å²) in [6.07, 6.45) is -0.594. The van der Waals surface area contributed by atoms with E-state index in [0.717, 1.165) is 18.1 Å². The number of carbonyl (C=O) groups excluding carboxylic acids is 3. The first kappa shape index (κ1) is 18.0. The molecule has 5 heteroatoms. The number of hydrogen-bond acceptors (Lipinski definition) is 5. The van der Waals surface area contributed by atoms with E-state index >= 15 is 0 Å². The van der Waals surface area contributed by atoms with Crippen LogP contribution in [0.25, 0.3) is 0 Å². The third-order valence-electron chi connectivity index (χ3n) is 3.18. The average molecular weight is 336 g/mol. The Bertz CT molecular complexity index is 761. The van der Waals surface area contributed by atoms with Crippen LogP contribution in [0.3, 0.4) is 0 Å². The van der Waals surface area contributed by atoms with E-state index in [2.05, 4.69) is 16.6 Å². The van der Waals surface area contributed by atoms with E-state index in [1.54, 1.807) is 0 Å². The van der Waals surface area contributed by atoms with Crippen molar-refractivity contribution in [1.82, 2.24) is 0 Å². The van der Waals surface area contributed by atoms with Gasteiger partial charge in [0.15, 0.2) is 12.7 Å². The third kappa shape index (κ3) is 5.63. The molecule has 0 spiro atoms. The van der Waals surface area contributed by atoms with E-state index < -0.39 is 23.8 Å². The zero-order chi connectivity index (χ0) is 18.1. The highest BCUT2D eigenvalue weighted by Crippen LogP contribution is 2.25. The average Bonchev–Trinajstić information content (AvgIpc) is 2.64. The highest BCUT2D eigenvalue weighted by molar-refractivity contribution is 6.32. The highest BCUT2D eigenvalue weighted by atomic mass is 16.5. The van der Waals surface area contributed by atoms with Gasteiger partial charge in [0.2, 0.25) is 5.78 Å². The van der Waals surface area contributed by atoms with Crippen molar-refractivity contribution in [2.75, 3.05) is 6.61 Å². The Morgan fingerprint density at radius 1 is 0.920 bits per heavy atom. The van der Waals surface area contributed by atoms with Crippen molar-refractivity contribution < 1.29 is 23.9 Å². The molecule has 0 saturated heterocycles. The normalized spacial score (nSPS) is 9.68. The van der Waals surface area contributed by atoms with Gasteiger partial charge in [0.25, 0.3) is 0 Å². The van der Waals surface area contributed by atoms with Crippen LogP contribution in [0.1, 0.15) is 24.2 Å². The largest absolute Gasteiger partial charge is 0.447 e. The molecular weight excluding hydrogens is 320 g/mol. The Morgan fingerprint density at radius 3 is 1.92 bits per heavy atom. The van der Waals surface area contributed by atoms with Gasteiger partial charge in [-0.05, 0) is 17.0 Å². The summed E-state index contributed by atoms with van der Waals surface area (Å²) in [6, 6.07) is 18.6. The van der Waals surface area contributed by atoms with Crippen LogP contribution in [0.5, 0.6) is 0 Å². The van der Waals surface area contributed by atoms with E-state index in [-0.39, 0.29) is 6.61 Å². The number of ketones is 1. The Balaban J connectivity index is 2.06. The fourth-order valence-corrected chi connectivity index (χ4v) is 2.03. The van der Waals surface area contributed by atoms with E-state index in [0.29, 0.717) is 0 Å². The minimum absolute atomic E-state index is 0.352. The van der Waals surface area contributed by atoms with E-state index in [4.69, 9.17) is 4.74 Å². The van der Waals surface area contributed by atoms with Crippen molar-refractivity contribution in [2.24, 2.45) is 0 Å². The lowest BCUT2D eigenvalue weighted by atomic mass is 10.0. The molecule has 0 atom stereocenters. The number of hydrogen-bond donors (Lipinski definition) is 0. The van der Waals surface area contributed by atoms with Gasteiger partial charge >= 0.3 is 11.9 Å². The molecule has 0 aliphatic carbocycles. The predicted molar refractivity (Wildman–Crippen MR) is 90.2 cm³/mol. The monoisotopic (exact) mass is 336 g/mol. The van der Waals surface area contributed by atoms with Crippen LogP contribution >= 0.6 is 0 Å². The second kappa shape index (κ2) is 9.04. The quantitative estimate of drug-likeness (QED) is 0.363. The zero-order valence-electron chi connectivity index (χ0n) is 13.6. The van der Waals surface area contributed by atoms with Crippen LogP contribution in [0, 0.1) is 11.8 Å². The maximum Gasteiger partial charge on any atom is 0.385 e. The molecule has 2 aromatic carbocycles. The van der Waals surface area contributed by atoms with Gasteiger partial charge in [0.1, 0.15) is 0 Å². The maximum atomic E-state index is 12.0. The van der Waals surface area contributed by atoms with Gasteiger partial charge in [-0.1, -0.05) is 60.7 Å². The SMILES string of the molecule is CC(=O)C(=O)OCC#CC(=O)OC(c1ccccc1)c1ccccc1. The summed E-state index contributed by atoms with van der Waals surface area (Å²) in [7, 11) is 0. The lowest BCUT2D eigenvalue weighted by Gasteiger charge is -2.17. The molecule has 0 aromatic heterocycles. The first-order chi connectivity index (χ1) is 12.1. The number of rotatable bonds is 5. The zero-order valence-corrected chi connectivity index (χ0v) is 13.6. The molecule has 5 nitrogen and oxygen atoms in total. The molecule has 0 fully saturated rings. The Hall–Kier alpha value is -3.39. The van der Waals surface area contributed by atoms with Crippen LogP contribution < -0.4 is 0 Å². The van der Waals surface area contributed by atoms with Gasteiger partial charge in [-0.25, -0.2) is 9.59 Å². The van der Waals surface area contributed by atoms with Crippen LogP contribution in [0.2, 0.25) is 0 Å². The summed E-state index contributed by atoms with van der Waals surface area (Å²) < 4.78 is 10.0. The second-order valence-electron chi connectivity index (χ2n) is 5.04. The van der Waals surface area contributed by atoms with Crippen molar-refractivity contribution in [2.45, 2.75) is 13.0 Å². The highest BCUT2D eigenvalue weighted by Gasteiger charge is 2.17. The summed E-state index contributed by atoms with van der Waals surface area (Å²) >= 11 is 0. The van der Waals surface area contributed by atoms with Gasteiger partial charge in [0, 0.05) is 12.8 Å². The Morgan fingerprint density at radius 2 is 1.44 bits per heavy atom. The topological polar surface area (TPSA) is 69.7 Å². The maximum absolute atomic E-state index is 12.0. The second-order valence-corrected chi connectivity index (χ2v) is 5.04. The van der Waals surface area contributed by atoms with Crippen molar-refractivity contribution in [3.8, 4) is 11.8 Å². The van der Waals surface area contributed by atoms with E-state index in [1.165, 1.54) is 0 Å². The number of Topliss-reactive ketones (excluding diaryl/α,β-unsaturated/α-hetero) is 1. The van der Waals surface area contributed by atoms with E-state index in [9.17, 15) is 14.4 Å². The minimum atomic E-state index is -0.992. The van der Waals surface area contributed by atoms with E-state index in [1.807, 2.05) is 60.7 Å². The molecule has 2 aromatic rings. The number of carbonyl (C=O) groups is 3. The van der Waals surface area contributed by atoms with Crippen molar-refractivity contribution in [1.29, 1.82) is 0 Å². The molecule has 0 aliphatic rings. The lowest BCUT2D eigenvalue weighted by molar-refractivity contribution is -0.151. The molecule has 0 radical (unpaired) electrons. The Labute approximate surface area is 145 Å². The van der Waals surface area contributed by atoms with Crippen LogP contribution in [-0.2, 0) is 23.9 Å². The first-order valence-corrected chi connectivity index (χ1v) is 7.55. The summed E-state index contributed by atoms with van der Waals surface area (Å²) in [5.41, 5.74) is 1.62. The van der Waals surface area contributed by atoms with Crippen LogP contribution in [0.4, 0.5) is 0 Å². The molecule has 25 heavy (non-hydrogen) atoms. The minimum Gasteiger partial charge on any atom is -0.447 e.